The minimum Gasteiger partial charge on any atom is -0.497 e. The van der Waals surface area contributed by atoms with Gasteiger partial charge in [0, 0.05) is 11.4 Å². The average Bonchev–Trinajstić information content (AvgIpc) is 2.75. The van der Waals surface area contributed by atoms with E-state index >= 15 is 0 Å². The van der Waals surface area contributed by atoms with Gasteiger partial charge in [-0.25, -0.2) is 4.99 Å². The van der Waals surface area contributed by atoms with Crippen molar-refractivity contribution in [3.63, 3.8) is 0 Å². The second kappa shape index (κ2) is 9.32. The largest absolute Gasteiger partial charge is 0.497 e. The number of methoxy groups -OCH3 is 3. The number of nitrogens with zero attached hydrogens (tertiary/aromatic N) is 1. The predicted molar refractivity (Wildman–Crippen MR) is 113 cm³/mol. The molecule has 0 atom stereocenters. The Hall–Kier alpha value is -3.67. The first-order chi connectivity index (χ1) is 13.7. The van der Waals surface area contributed by atoms with E-state index in [1.54, 1.807) is 21.3 Å². The standard InChI is InChI=1S/C22H23N3O3/c1-26-19-10-4-16(5-11-19)23-22(24-17-6-12-20(27-2)13-7-17)25-18-8-14-21(28-3)15-9-18/h4-15H,1-3H3,(H2,23,24,25). The van der Waals surface area contributed by atoms with E-state index in [2.05, 4.69) is 15.6 Å². The van der Waals surface area contributed by atoms with Crippen molar-refractivity contribution in [1.82, 2.24) is 0 Å². The van der Waals surface area contributed by atoms with Gasteiger partial charge in [-0.3, -0.25) is 0 Å². The van der Waals surface area contributed by atoms with E-state index in [-0.39, 0.29) is 0 Å². The van der Waals surface area contributed by atoms with Gasteiger partial charge < -0.3 is 24.8 Å². The van der Waals surface area contributed by atoms with Crippen molar-refractivity contribution in [2.75, 3.05) is 32.0 Å². The summed E-state index contributed by atoms with van der Waals surface area (Å²) in [6.45, 7) is 0. The van der Waals surface area contributed by atoms with E-state index in [0.717, 1.165) is 34.3 Å². The van der Waals surface area contributed by atoms with Crippen LogP contribution >= 0.6 is 0 Å². The van der Waals surface area contributed by atoms with E-state index in [4.69, 9.17) is 14.2 Å². The molecule has 3 aromatic carbocycles. The molecule has 0 amide bonds. The van der Waals surface area contributed by atoms with E-state index < -0.39 is 0 Å². The molecule has 0 saturated carbocycles. The lowest BCUT2D eigenvalue weighted by Gasteiger charge is -2.13. The number of anilines is 2. The Labute approximate surface area is 164 Å². The molecule has 0 fully saturated rings. The minimum absolute atomic E-state index is 0.584. The summed E-state index contributed by atoms with van der Waals surface area (Å²) in [5.74, 6) is 2.96. The summed E-state index contributed by atoms with van der Waals surface area (Å²) in [5.41, 5.74) is 2.56. The summed E-state index contributed by atoms with van der Waals surface area (Å²) < 4.78 is 15.6. The molecular weight excluding hydrogens is 354 g/mol. The van der Waals surface area contributed by atoms with Crippen LogP contribution in [-0.4, -0.2) is 27.3 Å². The molecule has 3 rings (SSSR count). The molecule has 6 heteroatoms. The summed E-state index contributed by atoms with van der Waals surface area (Å²) in [5, 5.41) is 6.61. The Morgan fingerprint density at radius 3 is 1.29 bits per heavy atom. The van der Waals surface area contributed by atoms with Crippen LogP contribution in [0.15, 0.2) is 77.8 Å². The SMILES string of the molecule is COc1ccc(N=C(Nc2ccc(OC)cc2)Nc2ccc(OC)cc2)cc1. The third kappa shape index (κ3) is 5.17. The zero-order valence-electron chi connectivity index (χ0n) is 16.1. The second-order valence-corrected chi connectivity index (χ2v) is 5.87. The predicted octanol–water partition coefficient (Wildman–Crippen LogP) is 4.92. The van der Waals surface area contributed by atoms with Crippen LogP contribution in [0.5, 0.6) is 17.2 Å². The summed E-state index contributed by atoms with van der Waals surface area (Å²) in [4.78, 5) is 4.69. The molecule has 0 aliphatic carbocycles. The van der Waals surface area contributed by atoms with Crippen molar-refractivity contribution in [2.45, 2.75) is 0 Å². The number of guanidine groups is 1. The van der Waals surface area contributed by atoms with Gasteiger partial charge in [0.15, 0.2) is 0 Å². The highest BCUT2D eigenvalue weighted by Gasteiger charge is 2.04. The molecular formula is C22H23N3O3. The Morgan fingerprint density at radius 2 is 0.929 bits per heavy atom. The summed E-state index contributed by atoms with van der Waals surface area (Å²) in [6.07, 6.45) is 0. The van der Waals surface area contributed by atoms with E-state index in [0.29, 0.717) is 5.96 Å². The summed E-state index contributed by atoms with van der Waals surface area (Å²) in [7, 11) is 4.93. The Balaban J connectivity index is 1.85. The van der Waals surface area contributed by atoms with Crippen LogP contribution in [-0.2, 0) is 0 Å². The molecule has 0 heterocycles. The molecule has 0 aliphatic rings. The van der Waals surface area contributed by atoms with Crippen molar-refractivity contribution in [2.24, 2.45) is 4.99 Å². The van der Waals surface area contributed by atoms with Crippen LogP contribution in [0.1, 0.15) is 0 Å². The van der Waals surface area contributed by atoms with Gasteiger partial charge in [-0.1, -0.05) is 0 Å². The maximum absolute atomic E-state index is 5.21. The molecule has 0 spiro atoms. The van der Waals surface area contributed by atoms with Crippen LogP contribution in [0.2, 0.25) is 0 Å². The van der Waals surface area contributed by atoms with Crippen LogP contribution in [0, 0.1) is 0 Å². The monoisotopic (exact) mass is 377 g/mol. The lowest BCUT2D eigenvalue weighted by atomic mass is 10.3. The highest BCUT2D eigenvalue weighted by atomic mass is 16.5. The summed E-state index contributed by atoms with van der Waals surface area (Å²) in [6, 6.07) is 22.8. The van der Waals surface area contributed by atoms with E-state index in [9.17, 15) is 0 Å². The molecule has 0 bridgehead atoms. The van der Waals surface area contributed by atoms with Gasteiger partial charge in [-0.2, -0.15) is 0 Å². The van der Waals surface area contributed by atoms with Gasteiger partial charge in [-0.15, -0.1) is 0 Å². The highest BCUT2D eigenvalue weighted by molar-refractivity contribution is 6.04. The van der Waals surface area contributed by atoms with Crippen LogP contribution in [0.25, 0.3) is 0 Å². The number of ether oxygens (including phenoxy) is 3. The lowest BCUT2D eigenvalue weighted by Crippen LogP contribution is -2.21. The van der Waals surface area contributed by atoms with Gasteiger partial charge in [-0.05, 0) is 72.8 Å². The number of nitrogens with one attached hydrogen (secondary N) is 2. The van der Waals surface area contributed by atoms with Gasteiger partial charge >= 0.3 is 0 Å². The average molecular weight is 377 g/mol. The molecule has 144 valence electrons. The maximum Gasteiger partial charge on any atom is 0.205 e. The van der Waals surface area contributed by atoms with E-state index in [1.165, 1.54) is 0 Å². The zero-order valence-corrected chi connectivity index (χ0v) is 16.1. The topological polar surface area (TPSA) is 64.1 Å². The first kappa shape index (κ1) is 19.1. The number of rotatable bonds is 6. The lowest BCUT2D eigenvalue weighted by molar-refractivity contribution is 0.415. The molecule has 28 heavy (non-hydrogen) atoms. The highest BCUT2D eigenvalue weighted by Crippen LogP contribution is 2.21. The number of aliphatic imine (C=N–C) groups is 1. The van der Waals surface area contributed by atoms with Gasteiger partial charge in [0.25, 0.3) is 0 Å². The first-order valence-electron chi connectivity index (χ1n) is 8.75. The van der Waals surface area contributed by atoms with E-state index in [1.807, 2.05) is 72.8 Å². The van der Waals surface area contributed by atoms with Crippen LogP contribution in [0.3, 0.4) is 0 Å². The van der Waals surface area contributed by atoms with Crippen molar-refractivity contribution in [3.05, 3.63) is 72.8 Å². The number of hydrogen-bond acceptors (Lipinski definition) is 4. The number of benzene rings is 3. The minimum atomic E-state index is 0.584. The molecule has 6 nitrogen and oxygen atoms in total. The molecule has 0 unspecified atom stereocenters. The molecule has 0 radical (unpaired) electrons. The quantitative estimate of drug-likeness (QED) is 0.471. The third-order valence-corrected chi connectivity index (χ3v) is 4.02. The molecule has 2 N–H and O–H groups in total. The molecule has 0 saturated heterocycles. The van der Waals surface area contributed by atoms with Crippen molar-refractivity contribution >= 4 is 23.0 Å². The maximum atomic E-state index is 5.21. The first-order valence-corrected chi connectivity index (χ1v) is 8.75. The fourth-order valence-corrected chi connectivity index (χ4v) is 2.50. The van der Waals surface area contributed by atoms with Crippen LogP contribution in [0.4, 0.5) is 17.1 Å². The Bertz CT molecular complexity index is 854. The Morgan fingerprint density at radius 1 is 0.571 bits per heavy atom. The Kier molecular flexibility index (Phi) is 6.36. The molecule has 0 aliphatic heterocycles. The zero-order chi connectivity index (χ0) is 19.8. The molecule has 0 aromatic heterocycles. The van der Waals surface area contributed by atoms with Gasteiger partial charge in [0.2, 0.25) is 5.96 Å². The fourth-order valence-electron chi connectivity index (χ4n) is 2.50. The smallest absolute Gasteiger partial charge is 0.205 e. The molecule has 3 aromatic rings. The van der Waals surface area contributed by atoms with Crippen molar-refractivity contribution < 1.29 is 14.2 Å². The van der Waals surface area contributed by atoms with Gasteiger partial charge in [0.1, 0.15) is 17.2 Å². The third-order valence-electron chi connectivity index (χ3n) is 4.02. The second-order valence-electron chi connectivity index (χ2n) is 5.87. The number of hydrogen-bond donors (Lipinski definition) is 2. The summed E-state index contributed by atoms with van der Waals surface area (Å²) >= 11 is 0. The van der Waals surface area contributed by atoms with Crippen molar-refractivity contribution in [1.29, 1.82) is 0 Å². The fraction of sp³-hybridized carbons (Fsp3) is 0.136. The van der Waals surface area contributed by atoms with Gasteiger partial charge in [0.05, 0.1) is 27.0 Å². The van der Waals surface area contributed by atoms with Crippen LogP contribution < -0.4 is 24.8 Å². The van der Waals surface area contributed by atoms with Crippen molar-refractivity contribution in [3.8, 4) is 17.2 Å². The normalized spacial score (nSPS) is 9.96.